The first-order valence-electron chi connectivity index (χ1n) is 7.18. The molecule has 23 heavy (non-hydrogen) atoms. The molecule has 0 saturated heterocycles. The van der Waals surface area contributed by atoms with E-state index in [1.165, 1.54) is 19.1 Å². The number of aryl methyl sites for hydroxylation is 1. The van der Waals surface area contributed by atoms with E-state index in [2.05, 4.69) is 4.72 Å². The van der Waals surface area contributed by atoms with Crippen molar-refractivity contribution in [2.75, 3.05) is 0 Å². The average Bonchev–Trinajstić information content (AvgIpc) is 2.53. The number of carboxylic acids is 1. The molecule has 5 nitrogen and oxygen atoms in total. The van der Waals surface area contributed by atoms with E-state index >= 15 is 0 Å². The van der Waals surface area contributed by atoms with Gasteiger partial charge >= 0.3 is 5.97 Å². The van der Waals surface area contributed by atoms with Crippen LogP contribution in [0.25, 0.3) is 0 Å². The Morgan fingerprint density at radius 3 is 2.13 bits per heavy atom. The molecule has 2 rings (SSSR count). The third-order valence-electron chi connectivity index (χ3n) is 3.66. The van der Waals surface area contributed by atoms with Gasteiger partial charge in [0.15, 0.2) is 0 Å². The van der Waals surface area contributed by atoms with Gasteiger partial charge in [0.25, 0.3) is 0 Å². The fourth-order valence-corrected chi connectivity index (χ4v) is 3.52. The molecule has 0 fully saturated rings. The molecule has 2 aromatic carbocycles. The van der Waals surface area contributed by atoms with Crippen LogP contribution in [-0.2, 0) is 14.8 Å². The molecule has 0 aliphatic rings. The second-order valence-electron chi connectivity index (χ2n) is 5.45. The number of hydrogen-bond donors (Lipinski definition) is 2. The third-order valence-corrected chi connectivity index (χ3v) is 5.12. The van der Waals surface area contributed by atoms with Crippen LogP contribution in [0, 0.1) is 12.8 Å². The quantitative estimate of drug-likeness (QED) is 0.851. The van der Waals surface area contributed by atoms with E-state index < -0.39 is 28.0 Å². The Morgan fingerprint density at radius 2 is 1.61 bits per heavy atom. The molecule has 0 radical (unpaired) electrons. The Hall–Kier alpha value is -2.18. The molecule has 6 heteroatoms. The summed E-state index contributed by atoms with van der Waals surface area (Å²) in [6, 6.07) is 14.3. The minimum Gasteiger partial charge on any atom is -0.481 e. The van der Waals surface area contributed by atoms with Gasteiger partial charge in [-0.25, -0.2) is 13.1 Å². The highest BCUT2D eigenvalue weighted by Crippen LogP contribution is 2.25. The van der Waals surface area contributed by atoms with Gasteiger partial charge in [0.05, 0.1) is 16.9 Å². The number of carbonyl (C=O) groups is 1. The maximum atomic E-state index is 12.6. The van der Waals surface area contributed by atoms with Crippen LogP contribution in [0.4, 0.5) is 0 Å². The highest BCUT2D eigenvalue weighted by atomic mass is 32.2. The topological polar surface area (TPSA) is 83.5 Å². The van der Waals surface area contributed by atoms with Crippen molar-refractivity contribution in [3.05, 3.63) is 65.7 Å². The molecule has 0 aromatic heterocycles. The molecular weight excluding hydrogens is 314 g/mol. The average molecular weight is 333 g/mol. The molecule has 2 aromatic rings. The highest BCUT2D eigenvalue weighted by Gasteiger charge is 2.29. The van der Waals surface area contributed by atoms with Gasteiger partial charge in [-0.3, -0.25) is 4.79 Å². The first-order chi connectivity index (χ1) is 10.8. The molecule has 0 amide bonds. The molecule has 0 spiro atoms. The van der Waals surface area contributed by atoms with Gasteiger partial charge in [0.1, 0.15) is 0 Å². The van der Waals surface area contributed by atoms with E-state index in [-0.39, 0.29) is 4.90 Å². The van der Waals surface area contributed by atoms with Crippen LogP contribution in [-0.4, -0.2) is 19.5 Å². The number of hydrogen-bond acceptors (Lipinski definition) is 3. The van der Waals surface area contributed by atoms with E-state index in [9.17, 15) is 18.3 Å². The second-order valence-corrected chi connectivity index (χ2v) is 7.16. The maximum absolute atomic E-state index is 12.6. The summed E-state index contributed by atoms with van der Waals surface area (Å²) in [5, 5.41) is 9.28. The van der Waals surface area contributed by atoms with Crippen LogP contribution in [0.2, 0.25) is 0 Å². The molecular formula is C17H19NO4S. The Kier molecular flexibility index (Phi) is 5.18. The van der Waals surface area contributed by atoms with Gasteiger partial charge in [-0.15, -0.1) is 0 Å². The monoisotopic (exact) mass is 333 g/mol. The Balaban J connectivity index is 2.37. The molecule has 0 saturated carbocycles. The van der Waals surface area contributed by atoms with Gasteiger partial charge in [-0.2, -0.15) is 0 Å². The fourth-order valence-electron chi connectivity index (χ4n) is 2.21. The van der Waals surface area contributed by atoms with Crippen molar-refractivity contribution in [1.29, 1.82) is 0 Å². The van der Waals surface area contributed by atoms with Gasteiger partial charge in [0, 0.05) is 0 Å². The Labute approximate surface area is 136 Å². The van der Waals surface area contributed by atoms with Gasteiger partial charge in [0.2, 0.25) is 10.0 Å². The Morgan fingerprint density at radius 1 is 1.04 bits per heavy atom. The SMILES string of the molecule is Cc1ccc(S(=O)(=O)N[C@H](c2ccccc2)[C@H](C)C(=O)O)cc1. The number of rotatable bonds is 6. The lowest BCUT2D eigenvalue weighted by atomic mass is 9.96. The van der Waals surface area contributed by atoms with Crippen LogP contribution in [0.5, 0.6) is 0 Å². The lowest BCUT2D eigenvalue weighted by Gasteiger charge is -2.23. The molecule has 0 bridgehead atoms. The summed E-state index contributed by atoms with van der Waals surface area (Å²) < 4.78 is 27.6. The van der Waals surface area contributed by atoms with E-state index in [0.29, 0.717) is 5.56 Å². The number of carboxylic acid groups (broad SMARTS) is 1. The van der Waals surface area contributed by atoms with E-state index in [1.54, 1.807) is 42.5 Å². The van der Waals surface area contributed by atoms with Crippen molar-refractivity contribution < 1.29 is 18.3 Å². The van der Waals surface area contributed by atoms with Crippen LogP contribution >= 0.6 is 0 Å². The summed E-state index contributed by atoms with van der Waals surface area (Å²) in [6.45, 7) is 3.35. The predicted octanol–water partition coefficient (Wildman–Crippen LogP) is 2.74. The van der Waals surface area contributed by atoms with Crippen molar-refractivity contribution in [3.8, 4) is 0 Å². The third kappa shape index (κ3) is 4.18. The first-order valence-corrected chi connectivity index (χ1v) is 8.66. The molecule has 0 aliphatic carbocycles. The normalized spacial score (nSPS) is 14.2. The van der Waals surface area contributed by atoms with Crippen LogP contribution in [0.15, 0.2) is 59.5 Å². The molecule has 2 atom stereocenters. The molecule has 0 aliphatic heterocycles. The minimum atomic E-state index is -3.82. The zero-order chi connectivity index (χ0) is 17.0. The fraction of sp³-hybridized carbons (Fsp3) is 0.235. The Bertz CT molecular complexity index is 770. The summed E-state index contributed by atoms with van der Waals surface area (Å²) in [5.41, 5.74) is 1.56. The zero-order valence-corrected chi connectivity index (χ0v) is 13.7. The minimum absolute atomic E-state index is 0.113. The van der Waals surface area contributed by atoms with Crippen LogP contribution in [0.1, 0.15) is 24.1 Å². The van der Waals surface area contributed by atoms with Gasteiger partial charge in [-0.05, 0) is 24.6 Å². The standard InChI is InChI=1S/C17H19NO4S/c1-12-8-10-15(11-9-12)23(21,22)18-16(13(2)17(19)20)14-6-4-3-5-7-14/h3-11,13,16,18H,1-2H3,(H,19,20)/t13-,16-/m0/s1. The van der Waals surface area contributed by atoms with Gasteiger partial charge < -0.3 is 5.11 Å². The number of sulfonamides is 1. The summed E-state index contributed by atoms with van der Waals surface area (Å²) in [5.74, 6) is -1.97. The largest absolute Gasteiger partial charge is 0.481 e. The number of benzene rings is 2. The van der Waals surface area contributed by atoms with Crippen molar-refractivity contribution in [1.82, 2.24) is 4.72 Å². The summed E-state index contributed by atoms with van der Waals surface area (Å²) in [7, 11) is -3.82. The van der Waals surface area contributed by atoms with Crippen LogP contribution < -0.4 is 4.72 Å². The van der Waals surface area contributed by atoms with Crippen molar-refractivity contribution in [3.63, 3.8) is 0 Å². The zero-order valence-electron chi connectivity index (χ0n) is 12.9. The summed E-state index contributed by atoms with van der Waals surface area (Å²) in [6.07, 6.45) is 0. The maximum Gasteiger partial charge on any atom is 0.308 e. The lowest BCUT2D eigenvalue weighted by Crippen LogP contribution is -2.35. The smallest absolute Gasteiger partial charge is 0.308 e. The van der Waals surface area contributed by atoms with Crippen molar-refractivity contribution in [2.45, 2.75) is 24.8 Å². The van der Waals surface area contributed by atoms with Crippen LogP contribution in [0.3, 0.4) is 0 Å². The molecule has 0 heterocycles. The highest BCUT2D eigenvalue weighted by molar-refractivity contribution is 7.89. The van der Waals surface area contributed by atoms with Gasteiger partial charge in [-0.1, -0.05) is 55.0 Å². The van der Waals surface area contributed by atoms with E-state index in [0.717, 1.165) is 5.56 Å². The first kappa shape index (κ1) is 17.2. The number of aliphatic carboxylic acids is 1. The lowest BCUT2D eigenvalue weighted by molar-refractivity contribution is -0.142. The molecule has 2 N–H and O–H groups in total. The summed E-state index contributed by atoms with van der Waals surface area (Å²) in [4.78, 5) is 11.5. The van der Waals surface area contributed by atoms with E-state index in [4.69, 9.17) is 0 Å². The van der Waals surface area contributed by atoms with Crippen molar-refractivity contribution >= 4 is 16.0 Å². The predicted molar refractivity (Wildman–Crippen MR) is 87.5 cm³/mol. The molecule has 0 unspecified atom stereocenters. The summed E-state index contributed by atoms with van der Waals surface area (Å²) >= 11 is 0. The molecule has 122 valence electrons. The second kappa shape index (κ2) is 6.93. The van der Waals surface area contributed by atoms with Crippen molar-refractivity contribution in [2.24, 2.45) is 5.92 Å². The number of nitrogens with one attached hydrogen (secondary N) is 1. The van der Waals surface area contributed by atoms with E-state index in [1.807, 2.05) is 6.92 Å².